The number of hydrogen-bond donors (Lipinski definition) is 2. The fourth-order valence-corrected chi connectivity index (χ4v) is 1.27. The van der Waals surface area contributed by atoms with Crippen LogP contribution in [0.5, 0.6) is 0 Å². The Bertz CT molecular complexity index is 326. The van der Waals surface area contributed by atoms with Gasteiger partial charge in [-0.15, -0.1) is 0 Å². The third-order valence-electron chi connectivity index (χ3n) is 2.30. The number of nitrogens with two attached hydrogens (primary N) is 1. The van der Waals surface area contributed by atoms with Gasteiger partial charge < -0.3 is 34.7 Å². The highest BCUT2D eigenvalue weighted by atomic mass is 16.6. The van der Waals surface area contributed by atoms with E-state index in [4.69, 9.17) is 29.4 Å². The molecule has 9 heteroatoms. The van der Waals surface area contributed by atoms with Crippen LogP contribution in [0.2, 0.25) is 0 Å². The molecular weight excluding hydrogens is 308 g/mol. The largest absolute Gasteiger partial charge is 0.460 e. The van der Waals surface area contributed by atoms with Gasteiger partial charge in [0.1, 0.15) is 6.61 Å². The molecule has 0 spiro atoms. The van der Waals surface area contributed by atoms with Gasteiger partial charge in [0.2, 0.25) is 0 Å². The van der Waals surface area contributed by atoms with E-state index in [-0.39, 0.29) is 6.61 Å². The summed E-state index contributed by atoms with van der Waals surface area (Å²) in [4.78, 5) is 21.1. The predicted molar refractivity (Wildman–Crippen MR) is 82.0 cm³/mol. The van der Waals surface area contributed by atoms with Gasteiger partial charge in [-0.05, 0) is 0 Å². The summed E-state index contributed by atoms with van der Waals surface area (Å²) in [6.07, 6.45) is 1.10. The zero-order chi connectivity index (χ0) is 17.2. The first-order valence-corrected chi connectivity index (χ1v) is 7.30. The molecule has 0 aliphatic rings. The molecule has 134 valence electrons. The number of primary amides is 1. The zero-order valence-corrected chi connectivity index (χ0v) is 13.3. The maximum atomic E-state index is 10.7. The van der Waals surface area contributed by atoms with Gasteiger partial charge in [0.05, 0.1) is 52.9 Å². The van der Waals surface area contributed by atoms with Crippen LogP contribution in [-0.4, -0.2) is 78.0 Å². The average Bonchev–Trinajstić information content (AvgIpc) is 2.53. The Kier molecular flexibility index (Phi) is 15.5. The van der Waals surface area contributed by atoms with Crippen LogP contribution < -0.4 is 11.1 Å². The third-order valence-corrected chi connectivity index (χ3v) is 2.30. The Morgan fingerprint density at radius 2 is 1.26 bits per heavy atom. The summed E-state index contributed by atoms with van der Waals surface area (Å²) in [5.74, 6) is -0.463. The number of urea groups is 1. The summed E-state index contributed by atoms with van der Waals surface area (Å²) in [6, 6.07) is -0.566. The van der Waals surface area contributed by atoms with Crippen molar-refractivity contribution in [3.63, 3.8) is 0 Å². The van der Waals surface area contributed by atoms with Crippen molar-refractivity contribution in [1.29, 1.82) is 0 Å². The molecule has 0 aromatic carbocycles. The van der Waals surface area contributed by atoms with E-state index in [1.54, 1.807) is 0 Å². The van der Waals surface area contributed by atoms with Crippen molar-refractivity contribution in [3.05, 3.63) is 12.7 Å². The van der Waals surface area contributed by atoms with Crippen molar-refractivity contribution >= 4 is 12.0 Å². The molecule has 23 heavy (non-hydrogen) atoms. The molecule has 0 heterocycles. The molecule has 0 bridgehead atoms. The van der Waals surface area contributed by atoms with Gasteiger partial charge in [0, 0.05) is 12.6 Å². The lowest BCUT2D eigenvalue weighted by atomic mass is 10.6. The molecule has 0 aliphatic heterocycles. The summed E-state index contributed by atoms with van der Waals surface area (Å²) >= 11 is 0. The number of esters is 1. The van der Waals surface area contributed by atoms with E-state index in [1.165, 1.54) is 0 Å². The first-order valence-electron chi connectivity index (χ1n) is 7.30. The van der Waals surface area contributed by atoms with Gasteiger partial charge in [0.25, 0.3) is 0 Å². The van der Waals surface area contributed by atoms with Crippen LogP contribution in [0, 0.1) is 0 Å². The molecule has 0 radical (unpaired) electrons. The monoisotopic (exact) mass is 334 g/mol. The minimum Gasteiger partial charge on any atom is -0.460 e. The Balaban J connectivity index is 3.04. The molecule has 0 saturated carbocycles. The van der Waals surface area contributed by atoms with E-state index in [9.17, 15) is 9.59 Å². The van der Waals surface area contributed by atoms with Crippen LogP contribution in [0.15, 0.2) is 12.7 Å². The third kappa shape index (κ3) is 18.3. The van der Waals surface area contributed by atoms with Crippen LogP contribution in [0.25, 0.3) is 0 Å². The van der Waals surface area contributed by atoms with Gasteiger partial charge >= 0.3 is 12.0 Å². The minimum atomic E-state index is -0.566. The maximum absolute atomic E-state index is 10.7. The van der Waals surface area contributed by atoms with Crippen molar-refractivity contribution < 1.29 is 33.3 Å². The first kappa shape index (κ1) is 21.3. The predicted octanol–water partition coefficient (Wildman–Crippen LogP) is -0.550. The summed E-state index contributed by atoms with van der Waals surface area (Å²) in [7, 11) is 0. The standard InChI is InChI=1S/C14H26N2O7/c1-2-13(17)23-12-11-22-10-9-21-8-7-20-6-5-19-4-3-16-14(15)18/h2H,1,3-12H2,(H3,15,16,18). The van der Waals surface area contributed by atoms with E-state index in [2.05, 4.69) is 11.9 Å². The van der Waals surface area contributed by atoms with Gasteiger partial charge in [0.15, 0.2) is 0 Å². The highest BCUT2D eigenvalue weighted by Gasteiger charge is 1.96. The lowest BCUT2D eigenvalue weighted by Crippen LogP contribution is -2.32. The Hall–Kier alpha value is -1.68. The highest BCUT2D eigenvalue weighted by molar-refractivity contribution is 5.81. The Morgan fingerprint density at radius 1 is 0.826 bits per heavy atom. The molecule has 0 aromatic rings. The molecule has 0 atom stereocenters. The second-order valence-corrected chi connectivity index (χ2v) is 4.11. The van der Waals surface area contributed by atoms with Crippen molar-refractivity contribution in [2.24, 2.45) is 5.73 Å². The van der Waals surface area contributed by atoms with Crippen LogP contribution in [0.4, 0.5) is 4.79 Å². The van der Waals surface area contributed by atoms with E-state index in [1.807, 2.05) is 0 Å². The number of rotatable bonds is 16. The highest BCUT2D eigenvalue weighted by Crippen LogP contribution is 1.84. The molecule has 0 saturated heterocycles. The number of amides is 2. The molecule has 0 rings (SSSR count). The zero-order valence-electron chi connectivity index (χ0n) is 13.3. The molecule has 0 fully saturated rings. The number of carbonyl (C=O) groups is 2. The normalized spacial score (nSPS) is 10.3. The molecule has 0 aromatic heterocycles. The summed E-state index contributed by atoms with van der Waals surface area (Å²) < 4.78 is 25.7. The maximum Gasteiger partial charge on any atom is 0.330 e. The fraction of sp³-hybridized carbons (Fsp3) is 0.714. The van der Waals surface area contributed by atoms with Gasteiger partial charge in [-0.1, -0.05) is 6.58 Å². The molecular formula is C14H26N2O7. The van der Waals surface area contributed by atoms with Gasteiger partial charge in [-0.25, -0.2) is 9.59 Å². The van der Waals surface area contributed by atoms with Crippen LogP contribution >= 0.6 is 0 Å². The SMILES string of the molecule is C=CC(=O)OCCOCCOCCOCCOCCNC(N)=O. The molecule has 0 aliphatic carbocycles. The number of carbonyl (C=O) groups excluding carboxylic acids is 2. The number of hydrogen-bond acceptors (Lipinski definition) is 7. The van der Waals surface area contributed by atoms with Crippen molar-refractivity contribution in [2.75, 3.05) is 66.0 Å². The van der Waals surface area contributed by atoms with Gasteiger partial charge in [-0.2, -0.15) is 0 Å². The van der Waals surface area contributed by atoms with E-state index >= 15 is 0 Å². The van der Waals surface area contributed by atoms with Crippen molar-refractivity contribution in [2.45, 2.75) is 0 Å². The minimum absolute atomic E-state index is 0.197. The molecule has 3 N–H and O–H groups in total. The summed E-state index contributed by atoms with van der Waals surface area (Å²) in [5.41, 5.74) is 4.89. The van der Waals surface area contributed by atoms with Crippen LogP contribution in [-0.2, 0) is 28.5 Å². The fourth-order valence-electron chi connectivity index (χ4n) is 1.27. The van der Waals surface area contributed by atoms with Gasteiger partial charge in [-0.3, -0.25) is 0 Å². The second-order valence-electron chi connectivity index (χ2n) is 4.11. The lowest BCUT2D eigenvalue weighted by molar-refractivity contribution is -0.139. The van der Waals surface area contributed by atoms with E-state index in [0.29, 0.717) is 59.4 Å². The number of ether oxygens (including phenoxy) is 5. The first-order chi connectivity index (χ1) is 11.2. The molecule has 9 nitrogen and oxygen atoms in total. The molecule has 0 unspecified atom stereocenters. The summed E-state index contributed by atoms with van der Waals surface area (Å²) in [5, 5.41) is 2.41. The quantitative estimate of drug-likeness (QED) is 0.221. The lowest BCUT2D eigenvalue weighted by Gasteiger charge is -2.07. The van der Waals surface area contributed by atoms with Crippen LogP contribution in [0.3, 0.4) is 0 Å². The second kappa shape index (κ2) is 16.7. The molecule has 2 amide bonds. The summed E-state index contributed by atoms with van der Waals surface area (Å²) in [6.45, 7) is 7.23. The Morgan fingerprint density at radius 3 is 1.70 bits per heavy atom. The van der Waals surface area contributed by atoms with Crippen molar-refractivity contribution in [3.8, 4) is 0 Å². The topological polar surface area (TPSA) is 118 Å². The average molecular weight is 334 g/mol. The number of nitrogens with one attached hydrogen (secondary N) is 1. The van der Waals surface area contributed by atoms with E-state index < -0.39 is 12.0 Å². The van der Waals surface area contributed by atoms with Crippen molar-refractivity contribution in [1.82, 2.24) is 5.32 Å². The smallest absolute Gasteiger partial charge is 0.330 e. The Labute approximate surface area is 136 Å². The van der Waals surface area contributed by atoms with Crippen LogP contribution in [0.1, 0.15) is 0 Å². The van der Waals surface area contributed by atoms with E-state index in [0.717, 1.165) is 6.08 Å².